The first-order chi connectivity index (χ1) is 9.00. The summed E-state index contributed by atoms with van der Waals surface area (Å²) in [6.07, 6.45) is 3.57. The molecule has 0 unspecified atom stereocenters. The predicted molar refractivity (Wildman–Crippen MR) is 67.1 cm³/mol. The Morgan fingerprint density at radius 3 is 1.67 bits per heavy atom. The van der Waals surface area contributed by atoms with E-state index in [1.54, 1.807) is 12.4 Å². The van der Waals surface area contributed by atoms with Crippen molar-refractivity contribution in [3.8, 4) is 0 Å². The van der Waals surface area contributed by atoms with Gasteiger partial charge in [0, 0.05) is 12.4 Å². The average Bonchev–Trinajstić information content (AvgIpc) is 2.40. The van der Waals surface area contributed by atoms with Gasteiger partial charge in [0.25, 0.3) is 0 Å². The summed E-state index contributed by atoms with van der Waals surface area (Å²) < 4.78 is 0. The maximum Gasteiger partial charge on any atom is 2.00 e. The number of carbonyl (C=O) groups is 2. The maximum atomic E-state index is 10.3. The number of aryl methyl sites for hydroxylation is 1. The molecule has 0 fully saturated rings. The van der Waals surface area contributed by atoms with Gasteiger partial charge < -0.3 is 22.6 Å². The number of aromatic carboxylic acids is 2. The molecule has 2 rings (SSSR count). The number of pyridine rings is 2. The van der Waals surface area contributed by atoms with Crippen LogP contribution in [0, 0.1) is 6.92 Å². The van der Waals surface area contributed by atoms with E-state index in [1.807, 2.05) is 19.1 Å². The molecule has 2 aromatic rings. The van der Waals surface area contributed by atoms with Crippen molar-refractivity contribution in [3.63, 3.8) is 0 Å². The molecule has 0 atom stereocenters. The van der Waals surface area contributed by atoms with Crippen molar-refractivity contribution in [1.29, 1.82) is 0 Å². The van der Waals surface area contributed by atoms with Gasteiger partial charge in [-0.05, 0) is 36.8 Å². The van der Waals surface area contributed by atoms with E-state index in [4.69, 9.17) is 10.2 Å². The largest absolute Gasteiger partial charge is 2.00 e. The van der Waals surface area contributed by atoms with Gasteiger partial charge in [-0.15, -0.1) is 0 Å². The summed E-state index contributed by atoms with van der Waals surface area (Å²) in [6.45, 7) is 2.04. The normalized spacial score (nSPS) is 8.24. The monoisotopic (exact) mass is 351 g/mol. The van der Waals surface area contributed by atoms with E-state index in [0.29, 0.717) is 0 Å². The van der Waals surface area contributed by atoms with Crippen LogP contribution in [-0.4, -0.2) is 32.1 Å². The summed E-state index contributed by atoms with van der Waals surface area (Å²) in [4.78, 5) is 27.9. The summed E-state index contributed by atoms with van der Waals surface area (Å²) in [7, 11) is 0. The number of carboxylic acid groups (broad SMARTS) is 2. The number of nitrogens with zero attached hydrogens (tertiary/aromatic N) is 2. The molecule has 6 nitrogen and oxygen atoms in total. The number of hydrogen-bond acceptors (Lipinski definition) is 4. The first-order valence-corrected chi connectivity index (χ1v) is 5.31. The molecule has 0 radical (unpaired) electrons. The van der Waals surface area contributed by atoms with Crippen molar-refractivity contribution >= 4 is 11.9 Å². The number of hydrogen-bond donors (Lipinski definition) is 2. The Kier molecular flexibility index (Phi) is 11.0. The Hall–Kier alpha value is -1.95. The maximum absolute atomic E-state index is 10.3. The van der Waals surface area contributed by atoms with E-state index in [0.717, 1.165) is 0 Å². The fourth-order valence-electron chi connectivity index (χ4n) is 1.10. The Balaban J connectivity index is 0. The van der Waals surface area contributed by atoms with Gasteiger partial charge in [-0.3, -0.25) is 4.98 Å². The molecule has 2 heterocycles. The summed E-state index contributed by atoms with van der Waals surface area (Å²) in [5.74, 6) is -2.48. The van der Waals surface area contributed by atoms with Crippen LogP contribution in [0.4, 0.5) is 0 Å². The van der Waals surface area contributed by atoms with Gasteiger partial charge in [0.15, 0.2) is 0 Å². The van der Waals surface area contributed by atoms with Gasteiger partial charge in [0.2, 0.25) is 0 Å². The van der Waals surface area contributed by atoms with E-state index in [-0.39, 0.29) is 40.9 Å². The van der Waals surface area contributed by atoms with Crippen molar-refractivity contribution in [2.75, 3.05) is 0 Å². The Bertz CT molecular complexity index is 552. The molecular formula is C13H12ClFeN2O4+. The van der Waals surface area contributed by atoms with Crippen molar-refractivity contribution in [2.24, 2.45) is 0 Å². The fraction of sp³-hybridized carbons (Fsp3) is 0.0769. The van der Waals surface area contributed by atoms with Gasteiger partial charge in [0.1, 0.15) is 11.4 Å². The second-order valence-corrected chi connectivity index (χ2v) is 3.54. The predicted octanol–water partition coefficient (Wildman–Crippen LogP) is -1.13. The third kappa shape index (κ3) is 8.04. The third-order valence-corrected chi connectivity index (χ3v) is 2.03. The molecular weight excluding hydrogens is 339 g/mol. The number of halogens is 1. The summed E-state index contributed by atoms with van der Waals surface area (Å²) in [5, 5.41) is 16.9. The van der Waals surface area contributed by atoms with Crippen molar-refractivity contribution < 1.29 is 49.3 Å². The van der Waals surface area contributed by atoms with Crippen LogP contribution >= 0.6 is 0 Å². The minimum Gasteiger partial charge on any atom is -1.00 e. The first kappa shape index (κ1) is 21.3. The second kappa shape index (κ2) is 10.8. The van der Waals surface area contributed by atoms with Crippen LogP contribution in [0.3, 0.4) is 0 Å². The molecule has 0 aliphatic heterocycles. The standard InChI is InChI=1S/C7H5NO4.C6H7N.ClH.Fe/c9-6(10)4-2-1-3-5(8-4)7(11)12;1-6-2-4-7-5-3-6;;/h1-3H,(H,9,10)(H,11,12);2-5H,1H3;1H;/q;;;+2/p-1. The van der Waals surface area contributed by atoms with E-state index in [9.17, 15) is 9.59 Å². The topological polar surface area (TPSA) is 100 Å². The van der Waals surface area contributed by atoms with Crippen molar-refractivity contribution in [2.45, 2.75) is 6.92 Å². The van der Waals surface area contributed by atoms with Crippen molar-refractivity contribution in [1.82, 2.24) is 9.97 Å². The summed E-state index contributed by atoms with van der Waals surface area (Å²) >= 11 is 0. The van der Waals surface area contributed by atoms with Gasteiger partial charge >= 0.3 is 29.0 Å². The molecule has 0 aliphatic carbocycles. The minimum atomic E-state index is -1.24. The van der Waals surface area contributed by atoms with Crippen molar-refractivity contribution in [3.05, 3.63) is 59.7 Å². The van der Waals surface area contributed by atoms with Crippen LogP contribution in [0.1, 0.15) is 26.5 Å². The number of rotatable bonds is 2. The summed E-state index contributed by atoms with van der Waals surface area (Å²) in [5.41, 5.74) is 0.722. The number of carboxylic acids is 2. The zero-order valence-electron chi connectivity index (χ0n) is 10.9. The molecule has 0 aromatic carbocycles. The van der Waals surface area contributed by atoms with Crippen LogP contribution in [0.25, 0.3) is 0 Å². The van der Waals surface area contributed by atoms with E-state index in [1.165, 1.54) is 23.8 Å². The Morgan fingerprint density at radius 2 is 1.38 bits per heavy atom. The molecule has 0 saturated heterocycles. The van der Waals surface area contributed by atoms with E-state index < -0.39 is 11.9 Å². The second-order valence-electron chi connectivity index (χ2n) is 3.54. The fourth-order valence-corrected chi connectivity index (χ4v) is 1.10. The zero-order chi connectivity index (χ0) is 14.3. The summed E-state index contributed by atoms with van der Waals surface area (Å²) in [6, 6.07) is 7.74. The van der Waals surface area contributed by atoms with Crippen LogP contribution < -0.4 is 12.4 Å². The minimum absolute atomic E-state index is 0. The molecule has 0 saturated carbocycles. The van der Waals surface area contributed by atoms with Crippen LogP contribution in [0.15, 0.2) is 42.7 Å². The van der Waals surface area contributed by atoms with Gasteiger partial charge in [-0.25, -0.2) is 14.6 Å². The molecule has 21 heavy (non-hydrogen) atoms. The molecule has 2 N–H and O–H groups in total. The van der Waals surface area contributed by atoms with Crippen LogP contribution in [-0.2, 0) is 17.1 Å². The molecule has 112 valence electrons. The Morgan fingerprint density at radius 1 is 0.952 bits per heavy atom. The molecule has 0 aliphatic rings. The Labute approximate surface area is 138 Å². The van der Waals surface area contributed by atoms with Gasteiger partial charge in [-0.1, -0.05) is 6.07 Å². The molecule has 8 heteroatoms. The smallest absolute Gasteiger partial charge is 1.00 e. The molecule has 0 bridgehead atoms. The number of aromatic nitrogens is 2. The van der Waals surface area contributed by atoms with Gasteiger partial charge in [0.05, 0.1) is 0 Å². The first-order valence-electron chi connectivity index (χ1n) is 5.31. The molecule has 0 spiro atoms. The van der Waals surface area contributed by atoms with E-state index in [2.05, 4.69) is 9.97 Å². The molecule has 0 amide bonds. The SMILES string of the molecule is Cc1ccncc1.O=C(O)c1cccc(C(=O)O)n1.[Cl-].[Fe+2]. The molecule has 2 aromatic heterocycles. The third-order valence-electron chi connectivity index (χ3n) is 2.03. The zero-order valence-corrected chi connectivity index (χ0v) is 12.7. The van der Waals surface area contributed by atoms with E-state index >= 15 is 0 Å². The quantitative estimate of drug-likeness (QED) is 0.664. The van der Waals surface area contributed by atoms with Crippen LogP contribution in [0.5, 0.6) is 0 Å². The van der Waals surface area contributed by atoms with Gasteiger partial charge in [-0.2, -0.15) is 0 Å². The van der Waals surface area contributed by atoms with Crippen LogP contribution in [0.2, 0.25) is 0 Å². The average molecular weight is 352 g/mol.